The van der Waals surface area contributed by atoms with Gasteiger partial charge in [0.25, 0.3) is 12.0 Å². The summed E-state index contributed by atoms with van der Waals surface area (Å²) >= 11 is 1.25. The van der Waals surface area contributed by atoms with Crippen LogP contribution in [-0.4, -0.2) is 64.3 Å². The molecule has 0 bridgehead atoms. The molecule has 3 aromatic rings. The van der Waals surface area contributed by atoms with Crippen molar-refractivity contribution >= 4 is 40.2 Å². The first-order chi connectivity index (χ1) is 19.0. The molecule has 0 saturated carbocycles. The summed E-state index contributed by atoms with van der Waals surface area (Å²) in [5, 5.41) is 21.2. The second-order valence-electron chi connectivity index (χ2n) is 10.7. The first-order valence-corrected chi connectivity index (χ1v) is 13.9. The summed E-state index contributed by atoms with van der Waals surface area (Å²) in [4.78, 5) is 47.6. The van der Waals surface area contributed by atoms with Gasteiger partial charge in [-0.3, -0.25) is 24.9 Å². The fourth-order valence-electron chi connectivity index (χ4n) is 4.93. The molecule has 12 heteroatoms. The number of nitrogens with one attached hydrogen (secondary N) is 3. The summed E-state index contributed by atoms with van der Waals surface area (Å²) in [5.41, 5.74) is 0.509. The van der Waals surface area contributed by atoms with E-state index in [9.17, 15) is 19.5 Å². The van der Waals surface area contributed by atoms with Crippen molar-refractivity contribution in [1.29, 1.82) is 0 Å². The van der Waals surface area contributed by atoms with E-state index < -0.39 is 29.6 Å². The molecule has 40 heavy (non-hydrogen) atoms. The number of benzene rings is 1. The summed E-state index contributed by atoms with van der Waals surface area (Å²) in [6.07, 6.45) is 5.35. The number of carbonyl (C=O) groups excluding carboxylic acids is 3. The molecule has 11 nitrogen and oxygen atoms in total. The zero-order chi connectivity index (χ0) is 28.9. The quantitative estimate of drug-likeness (QED) is 0.381. The van der Waals surface area contributed by atoms with Crippen LogP contribution < -0.4 is 25.8 Å². The fraction of sp³-hybridized carbons (Fsp3) is 0.393. The molecule has 0 aliphatic carbocycles. The van der Waals surface area contributed by atoms with Gasteiger partial charge in [0.2, 0.25) is 0 Å². The van der Waals surface area contributed by atoms with Gasteiger partial charge in [-0.2, -0.15) is 0 Å². The van der Waals surface area contributed by atoms with E-state index in [-0.39, 0.29) is 22.4 Å². The summed E-state index contributed by atoms with van der Waals surface area (Å²) in [6.45, 7) is 6.29. The van der Waals surface area contributed by atoms with Crippen LogP contribution in [0.3, 0.4) is 0 Å². The van der Waals surface area contributed by atoms with Crippen LogP contribution in [0, 0.1) is 0 Å². The number of hydrogen-bond acceptors (Lipinski definition) is 8. The number of aromatic nitrogens is 2. The van der Waals surface area contributed by atoms with Gasteiger partial charge in [-0.15, -0.1) is 11.3 Å². The Hall–Kier alpha value is -4.03. The Balaban J connectivity index is 1.62. The average Bonchev–Trinajstić information content (AvgIpc) is 3.20. The Morgan fingerprint density at radius 3 is 2.48 bits per heavy atom. The van der Waals surface area contributed by atoms with Gasteiger partial charge in [0.05, 0.1) is 37.0 Å². The van der Waals surface area contributed by atoms with Crippen molar-refractivity contribution in [1.82, 2.24) is 15.3 Å². The Bertz CT molecular complexity index is 1360. The van der Waals surface area contributed by atoms with E-state index >= 15 is 0 Å². The topological polar surface area (TPSA) is 145 Å². The van der Waals surface area contributed by atoms with Gasteiger partial charge in [0.15, 0.2) is 5.82 Å². The lowest BCUT2D eigenvalue weighted by Gasteiger charge is -2.48. The zero-order valence-electron chi connectivity index (χ0n) is 23.0. The molecule has 2 atom stereocenters. The lowest BCUT2D eigenvalue weighted by molar-refractivity contribution is -0.919. The van der Waals surface area contributed by atoms with Gasteiger partial charge in [0.1, 0.15) is 17.3 Å². The van der Waals surface area contributed by atoms with E-state index in [1.54, 1.807) is 13.2 Å². The van der Waals surface area contributed by atoms with Gasteiger partial charge >= 0.3 is 6.03 Å². The number of carbonyl (C=O) groups is 3. The smallest absolute Gasteiger partial charge is 0.325 e. The number of anilines is 2. The lowest BCUT2D eigenvalue weighted by Crippen LogP contribution is -2.70. The summed E-state index contributed by atoms with van der Waals surface area (Å²) in [6, 6.07) is 8.13. The molecule has 1 unspecified atom stereocenters. The number of thiophene rings is 1. The summed E-state index contributed by atoms with van der Waals surface area (Å²) < 4.78 is 5.00. The monoisotopic (exact) mass is 566 g/mol. The number of ether oxygens (including phenoxy) is 1. The second-order valence-corrected chi connectivity index (χ2v) is 11.8. The maximum atomic E-state index is 13.7. The number of likely N-dealkylation sites (tertiary alicyclic amines) is 1. The first kappa shape index (κ1) is 29.0. The van der Waals surface area contributed by atoms with Crippen LogP contribution in [0.2, 0.25) is 0 Å². The fourth-order valence-corrected chi connectivity index (χ4v) is 5.98. The molecule has 0 radical (unpaired) electrons. The number of amides is 4. The van der Waals surface area contributed by atoms with Crippen molar-refractivity contribution < 1.29 is 28.7 Å². The largest absolute Gasteiger partial charge is 0.498 e. The number of rotatable bonds is 6. The number of urea groups is 1. The number of carboxylic acid groups (broad SMARTS) is 1. The average molecular weight is 567 g/mol. The van der Waals surface area contributed by atoms with Crippen LogP contribution in [0.25, 0.3) is 10.4 Å². The third-order valence-electron chi connectivity index (χ3n) is 7.23. The first-order valence-electron chi connectivity index (χ1n) is 13.0. The minimum Gasteiger partial charge on any atom is -0.498 e. The van der Waals surface area contributed by atoms with E-state index in [4.69, 9.17) is 4.74 Å². The minimum absolute atomic E-state index is 0.211. The van der Waals surface area contributed by atoms with Crippen molar-refractivity contribution in [3.05, 3.63) is 54.5 Å². The molecule has 3 heterocycles. The van der Waals surface area contributed by atoms with E-state index in [1.165, 1.54) is 29.9 Å². The van der Waals surface area contributed by atoms with Gasteiger partial charge in [-0.05, 0) is 75.9 Å². The Morgan fingerprint density at radius 2 is 1.85 bits per heavy atom. The van der Waals surface area contributed by atoms with Crippen LogP contribution in [0.5, 0.6) is 5.75 Å². The van der Waals surface area contributed by atoms with E-state index in [0.29, 0.717) is 30.1 Å². The Morgan fingerprint density at radius 1 is 1.10 bits per heavy atom. The van der Waals surface area contributed by atoms with E-state index in [2.05, 4.69) is 25.9 Å². The molecule has 4 amide bonds. The van der Waals surface area contributed by atoms with Crippen molar-refractivity contribution in [2.75, 3.05) is 30.8 Å². The van der Waals surface area contributed by atoms with E-state index in [0.717, 1.165) is 16.9 Å². The molecule has 1 fully saturated rings. The molecule has 0 spiro atoms. The summed E-state index contributed by atoms with van der Waals surface area (Å²) in [7, 11) is 1.58. The van der Waals surface area contributed by atoms with Gasteiger partial charge < -0.3 is 20.0 Å². The normalized spacial score (nSPS) is 19.2. The number of methoxy groups -OCH3 is 1. The number of hydrogen-bond donors (Lipinski definition) is 3. The Labute approximate surface area is 237 Å². The second kappa shape index (κ2) is 12.0. The van der Waals surface area contributed by atoms with Crippen LogP contribution in [0.15, 0.2) is 48.9 Å². The summed E-state index contributed by atoms with van der Waals surface area (Å²) in [5.74, 6) is 0.555. The highest BCUT2D eigenvalue weighted by molar-refractivity contribution is 7.20. The molecule has 1 aliphatic heterocycles. The third kappa shape index (κ3) is 6.40. The van der Waals surface area contributed by atoms with Gasteiger partial charge in [-0.1, -0.05) is 0 Å². The highest BCUT2D eigenvalue weighted by Gasteiger charge is 2.45. The van der Waals surface area contributed by atoms with Crippen LogP contribution in [0.1, 0.15) is 50.4 Å². The molecule has 1 saturated heterocycles. The zero-order valence-corrected chi connectivity index (χ0v) is 23.8. The molecule has 1 aliphatic rings. The third-order valence-corrected chi connectivity index (χ3v) is 8.33. The standard InChI is InChI=1S/C28H34N6O5S/c1-28(2,3)34(27(37)38)14-6-5-7-19(17-34)31-24(35)21-15-22(18-8-10-20(39-4)11-9-18)40-25(21)33-26(36)32-23-16-29-12-13-30-23/h8-13,15-16,19H,5-7,14,17H2,1-4H3,(H3-,30,31,32,33,35,36,37,38)/t19-,34?/m0/s1. The predicted octanol–water partition coefficient (Wildman–Crippen LogP) is 4.10. The molecule has 1 aromatic carbocycles. The molecular weight excluding hydrogens is 532 g/mol. The maximum absolute atomic E-state index is 13.7. The van der Waals surface area contributed by atoms with E-state index in [1.807, 2.05) is 45.0 Å². The molecule has 4 rings (SSSR count). The highest BCUT2D eigenvalue weighted by Crippen LogP contribution is 2.37. The predicted molar refractivity (Wildman–Crippen MR) is 151 cm³/mol. The Kier molecular flexibility index (Phi) is 8.70. The SMILES string of the molecule is COc1ccc(-c2cc(C(=O)N[C@H]3CCCC[N+](C(=O)[O-])(C(C)(C)C)C3)c(NC(=O)Nc3cnccn3)s2)cc1. The lowest BCUT2D eigenvalue weighted by atomic mass is 10.0. The maximum Gasteiger partial charge on any atom is 0.325 e. The van der Waals surface area contributed by atoms with Gasteiger partial charge in [0, 0.05) is 17.3 Å². The number of quaternary nitrogens is 1. The molecule has 212 valence electrons. The molecular formula is C28H34N6O5S. The van der Waals surface area contributed by atoms with Crippen LogP contribution >= 0.6 is 11.3 Å². The van der Waals surface area contributed by atoms with Crippen molar-refractivity contribution in [2.24, 2.45) is 0 Å². The molecule has 3 N–H and O–H groups in total. The van der Waals surface area contributed by atoms with Crippen molar-refractivity contribution in [3.8, 4) is 16.2 Å². The number of nitrogens with zero attached hydrogens (tertiary/aromatic N) is 3. The van der Waals surface area contributed by atoms with Crippen molar-refractivity contribution in [2.45, 2.75) is 51.6 Å². The van der Waals surface area contributed by atoms with Crippen molar-refractivity contribution in [3.63, 3.8) is 0 Å². The van der Waals surface area contributed by atoms with Crippen LogP contribution in [-0.2, 0) is 0 Å². The van der Waals surface area contributed by atoms with Crippen LogP contribution in [0.4, 0.5) is 20.4 Å². The molecule has 2 aromatic heterocycles. The highest BCUT2D eigenvalue weighted by atomic mass is 32.1. The van der Waals surface area contributed by atoms with Gasteiger partial charge in [-0.25, -0.2) is 9.78 Å². The minimum atomic E-state index is -1.14.